The largest absolute Gasteiger partial charge is 1.00 e. The standard InChI is InChI=1S/C30H25.C4H6.2ClH.Zr/c1-2-3-6-20-9-10-23(17-20)24-14-11-22-13-16-26-18-25-15-12-21-7-4-5-8-27(21)29(25)30(26)28(22)19-24;1-2-4-3-1;;;/h4-5,7-17,23H,2-3,6,18H2,1H3;1-3H2;2*1H;/q;;;;+2/p-2. The molecular formula is C34H31Cl2Zr. The molecule has 1 fully saturated rings. The molecule has 0 N–H and O–H groups in total. The molecule has 1 unspecified atom stereocenters. The van der Waals surface area contributed by atoms with Crippen molar-refractivity contribution < 1.29 is 47.6 Å². The molecule has 185 valence electrons. The Bertz CT molecular complexity index is 1590. The Kier molecular flexibility index (Phi) is 8.07. The molecule has 1 saturated carbocycles. The molecule has 4 aromatic rings. The third-order valence-corrected chi connectivity index (χ3v) is 12.3. The quantitative estimate of drug-likeness (QED) is 0.291. The Balaban J connectivity index is 0.00000140. The van der Waals surface area contributed by atoms with E-state index < -0.39 is 22.8 Å². The Labute approximate surface area is 244 Å². The topological polar surface area (TPSA) is 0 Å². The number of unbranched alkanes of at least 4 members (excludes halogenated alkanes) is 1. The van der Waals surface area contributed by atoms with Crippen LogP contribution in [-0.4, -0.2) is 3.21 Å². The zero-order valence-corrected chi connectivity index (χ0v) is 25.3. The van der Waals surface area contributed by atoms with Crippen LogP contribution in [-0.2, 0) is 29.2 Å². The summed E-state index contributed by atoms with van der Waals surface area (Å²) in [5.74, 6) is 0.451. The molecule has 0 aromatic heterocycles. The van der Waals surface area contributed by atoms with Crippen molar-refractivity contribution in [1.82, 2.24) is 0 Å². The average molecular weight is 602 g/mol. The van der Waals surface area contributed by atoms with Crippen LogP contribution >= 0.6 is 0 Å². The van der Waals surface area contributed by atoms with Gasteiger partial charge in [-0.25, -0.2) is 0 Å². The van der Waals surface area contributed by atoms with Crippen LogP contribution in [0.2, 0.25) is 0 Å². The van der Waals surface area contributed by atoms with Gasteiger partial charge < -0.3 is 24.8 Å². The Morgan fingerprint density at radius 1 is 0.838 bits per heavy atom. The van der Waals surface area contributed by atoms with Gasteiger partial charge in [0.2, 0.25) is 0 Å². The van der Waals surface area contributed by atoms with Crippen molar-refractivity contribution in [3.63, 3.8) is 0 Å². The van der Waals surface area contributed by atoms with Gasteiger partial charge >= 0.3 is 221 Å². The fourth-order valence-corrected chi connectivity index (χ4v) is 10.5. The Morgan fingerprint density at radius 2 is 1.59 bits per heavy atom. The third kappa shape index (κ3) is 4.67. The molecule has 37 heavy (non-hydrogen) atoms. The van der Waals surface area contributed by atoms with E-state index >= 15 is 0 Å². The molecule has 0 heterocycles. The molecule has 7 rings (SSSR count). The van der Waals surface area contributed by atoms with Gasteiger partial charge in [0.15, 0.2) is 0 Å². The summed E-state index contributed by atoms with van der Waals surface area (Å²) in [6.45, 7) is 2.29. The van der Waals surface area contributed by atoms with E-state index in [9.17, 15) is 0 Å². The smallest absolute Gasteiger partial charge is 1.00 e. The molecule has 3 aliphatic rings. The normalized spacial score (nSPS) is 16.9. The SMILES string of the molecule is CCCCC1=CC(c2ccc3ccc4c(c3[c]2[Zr+2]=[C]2CCC2)-c2c(ccc3ccccc23)C4)C=C1.[Cl-].[Cl-]. The number of benzene rings is 4. The minimum atomic E-state index is -0.788. The van der Waals surface area contributed by atoms with Crippen molar-refractivity contribution in [3.8, 4) is 11.1 Å². The third-order valence-electron chi connectivity index (χ3n) is 8.30. The van der Waals surface area contributed by atoms with Crippen molar-refractivity contribution in [3.05, 3.63) is 101 Å². The fraction of sp³-hybridized carbons (Fsp3) is 0.265. The molecule has 0 aliphatic heterocycles. The summed E-state index contributed by atoms with van der Waals surface area (Å²) in [5.41, 5.74) is 9.26. The second-order valence-corrected chi connectivity index (χ2v) is 14.1. The van der Waals surface area contributed by atoms with E-state index in [4.69, 9.17) is 0 Å². The van der Waals surface area contributed by atoms with Gasteiger partial charge in [-0.1, -0.05) is 0 Å². The number of hydrogen-bond acceptors (Lipinski definition) is 0. The van der Waals surface area contributed by atoms with Crippen molar-refractivity contribution in [2.75, 3.05) is 0 Å². The van der Waals surface area contributed by atoms with Gasteiger partial charge in [0.1, 0.15) is 0 Å². The summed E-state index contributed by atoms with van der Waals surface area (Å²) >= 11 is -0.788. The maximum atomic E-state index is 2.57. The molecule has 0 spiro atoms. The minimum absolute atomic E-state index is 0. The molecule has 0 saturated heterocycles. The van der Waals surface area contributed by atoms with Crippen LogP contribution in [0.1, 0.15) is 68.1 Å². The molecule has 0 radical (unpaired) electrons. The first kappa shape index (κ1) is 26.8. The summed E-state index contributed by atoms with van der Waals surface area (Å²) in [4.78, 5) is 0. The second kappa shape index (κ2) is 11.1. The second-order valence-electron chi connectivity index (χ2n) is 10.5. The first-order valence-electron chi connectivity index (χ1n) is 13.4. The summed E-state index contributed by atoms with van der Waals surface area (Å²) < 4.78 is 3.68. The van der Waals surface area contributed by atoms with Gasteiger partial charge in [0.05, 0.1) is 0 Å². The van der Waals surface area contributed by atoms with Gasteiger partial charge in [-0.2, -0.15) is 0 Å². The van der Waals surface area contributed by atoms with E-state index in [2.05, 4.69) is 85.8 Å². The van der Waals surface area contributed by atoms with E-state index in [1.54, 1.807) is 25.4 Å². The molecule has 4 aromatic carbocycles. The summed E-state index contributed by atoms with van der Waals surface area (Å²) in [7, 11) is 0. The summed E-state index contributed by atoms with van der Waals surface area (Å²) in [5, 5.41) is 5.84. The summed E-state index contributed by atoms with van der Waals surface area (Å²) in [6, 6.07) is 23.4. The van der Waals surface area contributed by atoms with Crippen LogP contribution in [0, 0.1) is 0 Å². The maximum absolute atomic E-state index is 2.57. The van der Waals surface area contributed by atoms with E-state index in [1.807, 2.05) is 3.21 Å². The van der Waals surface area contributed by atoms with Gasteiger partial charge in [0, 0.05) is 0 Å². The van der Waals surface area contributed by atoms with Crippen molar-refractivity contribution in [2.45, 2.75) is 57.8 Å². The monoisotopic (exact) mass is 599 g/mol. The molecule has 0 amide bonds. The van der Waals surface area contributed by atoms with Crippen LogP contribution in [0.4, 0.5) is 0 Å². The number of allylic oxidation sites excluding steroid dienone is 4. The van der Waals surface area contributed by atoms with E-state index in [0.29, 0.717) is 5.92 Å². The van der Waals surface area contributed by atoms with E-state index in [-0.39, 0.29) is 24.8 Å². The first-order chi connectivity index (χ1) is 17.3. The van der Waals surface area contributed by atoms with Gasteiger partial charge in [0.25, 0.3) is 0 Å². The Morgan fingerprint density at radius 3 is 2.38 bits per heavy atom. The number of halogens is 2. The van der Waals surface area contributed by atoms with Crippen LogP contribution < -0.4 is 28.1 Å². The molecule has 3 heteroatoms. The fourth-order valence-electron chi connectivity index (χ4n) is 6.25. The number of fused-ring (bicyclic) bond motifs is 7. The van der Waals surface area contributed by atoms with Crippen LogP contribution in [0.15, 0.2) is 84.5 Å². The molecule has 0 nitrogen and oxygen atoms in total. The van der Waals surface area contributed by atoms with E-state index in [1.165, 1.54) is 71.4 Å². The predicted octanol–water partition coefficient (Wildman–Crippen LogP) is 2.41. The average Bonchev–Trinajstić information content (AvgIpc) is 3.49. The van der Waals surface area contributed by atoms with Crippen molar-refractivity contribution in [2.24, 2.45) is 0 Å². The first-order valence-corrected chi connectivity index (χ1v) is 15.9. The molecule has 1 atom stereocenters. The zero-order chi connectivity index (χ0) is 23.4. The molecule has 0 bridgehead atoms. The van der Waals surface area contributed by atoms with Crippen molar-refractivity contribution >= 4 is 28.0 Å². The predicted molar refractivity (Wildman–Crippen MR) is 148 cm³/mol. The number of hydrogen-bond donors (Lipinski definition) is 0. The van der Waals surface area contributed by atoms with Crippen LogP contribution in [0.3, 0.4) is 0 Å². The van der Waals surface area contributed by atoms with Gasteiger partial charge in [-0.15, -0.1) is 0 Å². The molecule has 3 aliphatic carbocycles. The molecular weight excluding hydrogens is 571 g/mol. The van der Waals surface area contributed by atoms with Crippen molar-refractivity contribution in [1.29, 1.82) is 0 Å². The van der Waals surface area contributed by atoms with Gasteiger partial charge in [-0.05, 0) is 0 Å². The van der Waals surface area contributed by atoms with E-state index in [0.717, 1.165) is 6.42 Å². The number of rotatable bonds is 5. The van der Waals surface area contributed by atoms with Gasteiger partial charge in [-0.3, -0.25) is 0 Å². The summed E-state index contributed by atoms with van der Waals surface area (Å²) in [6.07, 6.45) is 16.5. The van der Waals surface area contributed by atoms with Crippen LogP contribution in [0.25, 0.3) is 32.7 Å². The minimum Gasteiger partial charge on any atom is -1.00 e. The van der Waals surface area contributed by atoms with Crippen LogP contribution in [0.5, 0.6) is 0 Å². The Hall–Kier alpha value is -1.79. The maximum Gasteiger partial charge on any atom is -1.00 e. The zero-order valence-electron chi connectivity index (χ0n) is 21.3.